The van der Waals surface area contributed by atoms with Gasteiger partial charge in [0.2, 0.25) is 0 Å². The van der Waals surface area contributed by atoms with Crippen LogP contribution in [-0.4, -0.2) is 0 Å². The van der Waals surface area contributed by atoms with Crippen LogP contribution in [0.1, 0.15) is 55.0 Å². The summed E-state index contributed by atoms with van der Waals surface area (Å²) in [5.74, 6) is 0.687. The molecule has 1 fully saturated rings. The zero-order valence-corrected chi connectivity index (χ0v) is 10.8. The lowest BCUT2D eigenvalue weighted by atomic mass is 9.91. The Kier molecular flexibility index (Phi) is 4.29. The fourth-order valence-electron chi connectivity index (χ4n) is 2.63. The van der Waals surface area contributed by atoms with Crippen molar-refractivity contribution in [1.82, 2.24) is 0 Å². The molecule has 0 amide bonds. The highest BCUT2D eigenvalue weighted by molar-refractivity contribution is 6.21. The van der Waals surface area contributed by atoms with Gasteiger partial charge >= 0.3 is 0 Å². The van der Waals surface area contributed by atoms with Gasteiger partial charge in [-0.1, -0.05) is 55.5 Å². The minimum Gasteiger partial charge on any atom is -0.118 e. The second kappa shape index (κ2) is 5.72. The Morgan fingerprint density at radius 1 is 1.00 bits per heavy atom. The maximum atomic E-state index is 6.61. The predicted octanol–water partition coefficient (Wildman–Crippen LogP) is 5.25. The third kappa shape index (κ3) is 3.01. The third-order valence-electron chi connectivity index (χ3n) is 3.71. The molecule has 0 N–H and O–H groups in total. The Morgan fingerprint density at radius 2 is 1.56 bits per heavy atom. The molecule has 0 spiro atoms. The topological polar surface area (TPSA) is 0 Å². The van der Waals surface area contributed by atoms with Crippen molar-refractivity contribution in [3.63, 3.8) is 0 Å². The van der Waals surface area contributed by atoms with Crippen LogP contribution >= 0.6 is 11.6 Å². The summed E-state index contributed by atoms with van der Waals surface area (Å²) in [6, 6.07) is 8.72. The number of benzene rings is 1. The summed E-state index contributed by atoms with van der Waals surface area (Å²) in [5.41, 5.74) is 2.62. The van der Waals surface area contributed by atoms with E-state index in [1.165, 1.54) is 49.7 Å². The summed E-state index contributed by atoms with van der Waals surface area (Å²) in [5, 5.41) is 0.221. The van der Waals surface area contributed by atoms with Gasteiger partial charge in [0.1, 0.15) is 0 Å². The average Bonchev–Trinajstić information content (AvgIpc) is 2.57. The molecule has 1 aromatic carbocycles. The van der Waals surface area contributed by atoms with E-state index in [1.54, 1.807) is 0 Å². The highest BCUT2D eigenvalue weighted by Gasteiger charge is 2.21. The lowest BCUT2D eigenvalue weighted by molar-refractivity contribution is 0.445. The maximum Gasteiger partial charge on any atom is 0.0613 e. The van der Waals surface area contributed by atoms with Crippen LogP contribution in [0.25, 0.3) is 0 Å². The van der Waals surface area contributed by atoms with Gasteiger partial charge in [0.25, 0.3) is 0 Å². The van der Waals surface area contributed by atoms with E-state index in [0.29, 0.717) is 5.92 Å². The molecule has 1 saturated carbocycles. The molecular weight excluding hydrogens is 216 g/mol. The number of hydrogen-bond donors (Lipinski definition) is 0. The average molecular weight is 237 g/mol. The second-order valence-corrected chi connectivity index (χ2v) is 5.53. The molecule has 0 radical (unpaired) electrons. The van der Waals surface area contributed by atoms with E-state index in [-0.39, 0.29) is 5.38 Å². The third-order valence-corrected chi connectivity index (χ3v) is 4.32. The Labute approximate surface area is 104 Å². The molecular formula is C15H21Cl. The highest BCUT2D eigenvalue weighted by Crippen LogP contribution is 2.37. The molecule has 1 atom stereocenters. The van der Waals surface area contributed by atoms with Crippen LogP contribution in [0.3, 0.4) is 0 Å². The highest BCUT2D eigenvalue weighted by atomic mass is 35.5. The molecule has 1 aliphatic rings. The zero-order valence-electron chi connectivity index (χ0n) is 10.1. The first-order valence-electron chi connectivity index (χ1n) is 6.48. The van der Waals surface area contributed by atoms with Crippen molar-refractivity contribution >= 4 is 11.6 Å². The molecule has 1 heteroatoms. The molecule has 2 rings (SSSR count). The van der Waals surface area contributed by atoms with Gasteiger partial charge in [0, 0.05) is 0 Å². The molecule has 0 aromatic heterocycles. The quantitative estimate of drug-likeness (QED) is 0.486. The van der Waals surface area contributed by atoms with Gasteiger partial charge in [-0.3, -0.25) is 0 Å². The van der Waals surface area contributed by atoms with E-state index in [9.17, 15) is 0 Å². The number of rotatable bonds is 2. The smallest absolute Gasteiger partial charge is 0.0613 e. The van der Waals surface area contributed by atoms with Gasteiger partial charge in [-0.25, -0.2) is 0 Å². The lowest BCUT2D eigenvalue weighted by Gasteiger charge is -2.20. The monoisotopic (exact) mass is 236 g/mol. The fourth-order valence-corrected chi connectivity index (χ4v) is 3.02. The molecule has 1 aromatic rings. The molecule has 0 saturated heterocycles. The van der Waals surface area contributed by atoms with Gasteiger partial charge < -0.3 is 0 Å². The minimum atomic E-state index is 0.221. The van der Waals surface area contributed by atoms with Crippen molar-refractivity contribution in [2.45, 2.75) is 50.8 Å². The Balaban J connectivity index is 2.04. The van der Waals surface area contributed by atoms with E-state index in [1.807, 2.05) is 0 Å². The van der Waals surface area contributed by atoms with Gasteiger partial charge in [-0.2, -0.15) is 0 Å². The van der Waals surface area contributed by atoms with Gasteiger partial charge in [-0.05, 0) is 31.2 Å². The van der Waals surface area contributed by atoms with Gasteiger partial charge in [0.05, 0.1) is 5.38 Å². The zero-order chi connectivity index (χ0) is 11.4. The Bertz CT molecular complexity index is 307. The van der Waals surface area contributed by atoms with E-state index in [2.05, 4.69) is 31.2 Å². The number of alkyl halides is 1. The normalized spacial score (nSPS) is 20.4. The van der Waals surface area contributed by atoms with Crippen molar-refractivity contribution in [3.05, 3.63) is 35.4 Å². The largest absolute Gasteiger partial charge is 0.118 e. The Morgan fingerprint density at radius 3 is 2.12 bits per heavy atom. The molecule has 88 valence electrons. The van der Waals surface area contributed by atoms with Crippen LogP contribution in [-0.2, 0) is 0 Å². The number of hydrogen-bond acceptors (Lipinski definition) is 0. The van der Waals surface area contributed by atoms with E-state index in [4.69, 9.17) is 11.6 Å². The van der Waals surface area contributed by atoms with Crippen LogP contribution in [0.4, 0.5) is 0 Å². The van der Waals surface area contributed by atoms with Crippen LogP contribution in [0.5, 0.6) is 0 Å². The van der Waals surface area contributed by atoms with Crippen molar-refractivity contribution in [3.8, 4) is 0 Å². The molecule has 0 heterocycles. The van der Waals surface area contributed by atoms with E-state index in [0.717, 1.165) is 0 Å². The molecule has 0 nitrogen and oxygen atoms in total. The molecule has 16 heavy (non-hydrogen) atoms. The first kappa shape index (κ1) is 12.0. The number of aryl methyl sites for hydroxylation is 1. The molecule has 0 aliphatic heterocycles. The molecule has 0 bridgehead atoms. The van der Waals surface area contributed by atoms with Crippen LogP contribution in [0, 0.1) is 12.8 Å². The van der Waals surface area contributed by atoms with Crippen molar-refractivity contribution in [2.24, 2.45) is 5.92 Å². The summed E-state index contributed by atoms with van der Waals surface area (Å²) in [6.07, 6.45) is 8.13. The van der Waals surface area contributed by atoms with Crippen LogP contribution < -0.4 is 0 Å². The van der Waals surface area contributed by atoms with Crippen molar-refractivity contribution < 1.29 is 0 Å². The number of halogens is 1. The van der Waals surface area contributed by atoms with Crippen LogP contribution in [0.2, 0.25) is 0 Å². The summed E-state index contributed by atoms with van der Waals surface area (Å²) < 4.78 is 0. The molecule has 1 aliphatic carbocycles. The van der Waals surface area contributed by atoms with Gasteiger partial charge in [-0.15, -0.1) is 11.6 Å². The summed E-state index contributed by atoms with van der Waals surface area (Å²) in [4.78, 5) is 0. The van der Waals surface area contributed by atoms with Crippen LogP contribution in [0.15, 0.2) is 24.3 Å². The first-order chi connectivity index (χ1) is 7.77. The summed E-state index contributed by atoms with van der Waals surface area (Å²) in [7, 11) is 0. The minimum absolute atomic E-state index is 0.221. The van der Waals surface area contributed by atoms with Crippen molar-refractivity contribution in [2.75, 3.05) is 0 Å². The summed E-state index contributed by atoms with van der Waals surface area (Å²) >= 11 is 6.61. The maximum absolute atomic E-state index is 6.61. The van der Waals surface area contributed by atoms with Crippen molar-refractivity contribution in [1.29, 1.82) is 0 Å². The van der Waals surface area contributed by atoms with Gasteiger partial charge in [0.15, 0.2) is 0 Å². The van der Waals surface area contributed by atoms with E-state index < -0.39 is 0 Å². The second-order valence-electron chi connectivity index (χ2n) is 5.06. The Hall–Kier alpha value is -0.490. The van der Waals surface area contributed by atoms with E-state index >= 15 is 0 Å². The summed E-state index contributed by atoms with van der Waals surface area (Å²) in [6.45, 7) is 2.12. The standard InChI is InChI=1S/C15H21Cl/c1-12-8-10-14(11-9-12)15(16)13-6-4-2-3-5-7-13/h8-11,13,15H,2-7H2,1H3. The lowest BCUT2D eigenvalue weighted by Crippen LogP contribution is -2.07. The first-order valence-corrected chi connectivity index (χ1v) is 6.91. The predicted molar refractivity (Wildman–Crippen MR) is 71.0 cm³/mol. The fraction of sp³-hybridized carbons (Fsp3) is 0.600. The SMILES string of the molecule is Cc1ccc(C(Cl)C2CCCCCC2)cc1. The molecule has 1 unspecified atom stereocenters.